The maximum Gasteiger partial charge on any atom is 0.0795 e. The van der Waals surface area contributed by atoms with E-state index in [1.165, 1.54) is 22.3 Å². The van der Waals surface area contributed by atoms with E-state index in [4.69, 9.17) is 0 Å². The summed E-state index contributed by atoms with van der Waals surface area (Å²) in [6.07, 6.45) is 1.63. The van der Waals surface area contributed by atoms with E-state index < -0.39 is 0 Å². The quantitative estimate of drug-likeness (QED) is 0.819. The van der Waals surface area contributed by atoms with Gasteiger partial charge in [-0.1, -0.05) is 19.9 Å². The summed E-state index contributed by atoms with van der Waals surface area (Å²) in [7, 11) is 0. The van der Waals surface area contributed by atoms with Crippen LogP contribution in [-0.4, -0.2) is 5.11 Å². The van der Waals surface area contributed by atoms with Crippen LogP contribution < -0.4 is 0 Å². The zero-order chi connectivity index (χ0) is 13.2. The summed E-state index contributed by atoms with van der Waals surface area (Å²) in [6, 6.07) is 2.21. The van der Waals surface area contributed by atoms with Crippen LogP contribution in [-0.2, 0) is 0 Å². The molecule has 1 N–H and O–H groups in total. The number of benzene rings is 1. The Hall–Kier alpha value is -0.820. The number of rotatable bonds is 4. The summed E-state index contributed by atoms with van der Waals surface area (Å²) in [4.78, 5) is 0. The molecule has 96 valence electrons. The van der Waals surface area contributed by atoms with Crippen molar-refractivity contribution in [3.63, 3.8) is 0 Å². The lowest BCUT2D eigenvalue weighted by Crippen LogP contribution is -2.07. The van der Waals surface area contributed by atoms with Gasteiger partial charge in [0, 0.05) is 0 Å². The summed E-state index contributed by atoms with van der Waals surface area (Å²) in [5, 5.41) is 10.4. The van der Waals surface area contributed by atoms with Crippen LogP contribution in [0.25, 0.3) is 0 Å². The third kappa shape index (κ3) is 3.32. The molecule has 1 rings (SSSR count). The highest BCUT2D eigenvalue weighted by molar-refractivity contribution is 5.45. The summed E-state index contributed by atoms with van der Waals surface area (Å²) >= 11 is 0. The van der Waals surface area contributed by atoms with Gasteiger partial charge in [0.05, 0.1) is 6.10 Å². The second-order valence-electron chi connectivity index (χ2n) is 5.66. The van der Waals surface area contributed by atoms with Crippen LogP contribution in [0.4, 0.5) is 0 Å². The molecule has 1 heteroatoms. The molecule has 1 atom stereocenters. The molecule has 17 heavy (non-hydrogen) atoms. The minimum Gasteiger partial charge on any atom is -0.388 e. The molecule has 0 radical (unpaired) electrons. The van der Waals surface area contributed by atoms with E-state index in [0.717, 1.165) is 18.4 Å². The molecule has 0 heterocycles. The van der Waals surface area contributed by atoms with E-state index in [0.29, 0.717) is 5.92 Å². The largest absolute Gasteiger partial charge is 0.388 e. The first-order chi connectivity index (χ1) is 7.84. The van der Waals surface area contributed by atoms with Gasteiger partial charge < -0.3 is 5.11 Å². The average molecular weight is 234 g/mol. The van der Waals surface area contributed by atoms with Gasteiger partial charge in [0.15, 0.2) is 0 Å². The van der Waals surface area contributed by atoms with Crippen molar-refractivity contribution in [3.05, 3.63) is 33.9 Å². The van der Waals surface area contributed by atoms with Crippen molar-refractivity contribution < 1.29 is 5.11 Å². The summed E-state index contributed by atoms with van der Waals surface area (Å²) in [5.41, 5.74) is 6.23. The Kier molecular flexibility index (Phi) is 4.76. The van der Waals surface area contributed by atoms with E-state index in [-0.39, 0.29) is 6.10 Å². The molecular formula is C16H26O. The zero-order valence-corrected chi connectivity index (χ0v) is 12.1. The molecule has 0 saturated heterocycles. The molecule has 1 aromatic rings. The van der Waals surface area contributed by atoms with Gasteiger partial charge in [-0.25, -0.2) is 0 Å². The number of aryl methyl sites for hydroxylation is 2. The van der Waals surface area contributed by atoms with Crippen LogP contribution in [0.2, 0.25) is 0 Å². The van der Waals surface area contributed by atoms with Crippen LogP contribution in [0.1, 0.15) is 60.6 Å². The lowest BCUT2D eigenvalue weighted by atomic mass is 9.88. The van der Waals surface area contributed by atoms with E-state index >= 15 is 0 Å². The van der Waals surface area contributed by atoms with Crippen LogP contribution in [0, 0.1) is 33.6 Å². The van der Waals surface area contributed by atoms with Gasteiger partial charge in [-0.05, 0) is 74.3 Å². The van der Waals surface area contributed by atoms with Crippen molar-refractivity contribution in [3.8, 4) is 0 Å². The number of hydrogen-bond acceptors (Lipinski definition) is 1. The van der Waals surface area contributed by atoms with Crippen molar-refractivity contribution in [2.24, 2.45) is 5.92 Å². The molecule has 0 amide bonds. The van der Waals surface area contributed by atoms with Crippen molar-refractivity contribution in [2.45, 2.75) is 60.5 Å². The maximum atomic E-state index is 10.4. The van der Waals surface area contributed by atoms with Gasteiger partial charge in [0.25, 0.3) is 0 Å². The molecule has 0 aliphatic rings. The first kappa shape index (κ1) is 14.2. The van der Waals surface area contributed by atoms with Gasteiger partial charge in [-0.3, -0.25) is 0 Å². The van der Waals surface area contributed by atoms with Gasteiger partial charge in [-0.2, -0.15) is 0 Å². The molecule has 1 nitrogen and oxygen atoms in total. The number of aliphatic hydroxyl groups is 1. The van der Waals surface area contributed by atoms with Crippen LogP contribution in [0.3, 0.4) is 0 Å². The smallest absolute Gasteiger partial charge is 0.0795 e. The molecule has 0 aromatic heterocycles. The van der Waals surface area contributed by atoms with E-state index in [9.17, 15) is 5.11 Å². The third-order valence-corrected chi connectivity index (χ3v) is 3.77. The fourth-order valence-corrected chi connectivity index (χ4v) is 2.38. The van der Waals surface area contributed by atoms with Gasteiger partial charge in [-0.15, -0.1) is 0 Å². The maximum absolute atomic E-state index is 10.4. The van der Waals surface area contributed by atoms with Gasteiger partial charge in [0.1, 0.15) is 0 Å². The Morgan fingerprint density at radius 2 is 1.41 bits per heavy atom. The molecule has 0 aliphatic heterocycles. The van der Waals surface area contributed by atoms with E-state index in [1.54, 1.807) is 0 Å². The van der Waals surface area contributed by atoms with Crippen LogP contribution in [0.5, 0.6) is 0 Å². The Morgan fingerprint density at radius 1 is 0.941 bits per heavy atom. The molecule has 1 unspecified atom stereocenters. The van der Waals surface area contributed by atoms with Gasteiger partial charge in [0.2, 0.25) is 0 Å². The molecule has 0 spiro atoms. The predicted molar refractivity (Wildman–Crippen MR) is 74.4 cm³/mol. The normalized spacial score (nSPS) is 13.2. The molecule has 0 aliphatic carbocycles. The SMILES string of the molecule is Cc1cc(C)c(C)c(C(O)CCC(C)C)c1C. The summed E-state index contributed by atoms with van der Waals surface area (Å²) in [6.45, 7) is 12.9. The first-order valence-corrected chi connectivity index (χ1v) is 6.60. The predicted octanol–water partition coefficient (Wildman–Crippen LogP) is 4.39. The average Bonchev–Trinajstić information content (AvgIpc) is 2.24. The molecule has 0 fully saturated rings. The third-order valence-electron chi connectivity index (χ3n) is 3.77. The van der Waals surface area contributed by atoms with Crippen molar-refractivity contribution in [2.75, 3.05) is 0 Å². The highest BCUT2D eigenvalue weighted by Crippen LogP contribution is 2.30. The molecular weight excluding hydrogens is 208 g/mol. The Bertz CT molecular complexity index is 365. The minimum absolute atomic E-state index is 0.309. The summed E-state index contributed by atoms with van der Waals surface area (Å²) < 4.78 is 0. The lowest BCUT2D eigenvalue weighted by Gasteiger charge is -2.20. The second kappa shape index (κ2) is 5.68. The fourth-order valence-electron chi connectivity index (χ4n) is 2.38. The molecule has 0 bridgehead atoms. The first-order valence-electron chi connectivity index (χ1n) is 6.60. The Labute approximate surface area is 106 Å². The zero-order valence-electron chi connectivity index (χ0n) is 12.1. The Morgan fingerprint density at radius 3 is 1.82 bits per heavy atom. The highest BCUT2D eigenvalue weighted by atomic mass is 16.3. The highest BCUT2D eigenvalue weighted by Gasteiger charge is 2.16. The van der Waals surface area contributed by atoms with Crippen molar-refractivity contribution >= 4 is 0 Å². The van der Waals surface area contributed by atoms with Crippen molar-refractivity contribution in [1.29, 1.82) is 0 Å². The van der Waals surface area contributed by atoms with E-state index in [2.05, 4.69) is 47.6 Å². The van der Waals surface area contributed by atoms with E-state index in [1.807, 2.05) is 0 Å². The summed E-state index contributed by atoms with van der Waals surface area (Å²) in [5.74, 6) is 0.649. The number of aliphatic hydroxyl groups excluding tert-OH is 1. The topological polar surface area (TPSA) is 20.2 Å². The van der Waals surface area contributed by atoms with Crippen molar-refractivity contribution in [1.82, 2.24) is 0 Å². The molecule has 1 aromatic carbocycles. The lowest BCUT2D eigenvalue weighted by molar-refractivity contribution is 0.157. The fraction of sp³-hybridized carbons (Fsp3) is 0.625. The second-order valence-corrected chi connectivity index (χ2v) is 5.66. The molecule has 0 saturated carbocycles. The van der Waals surface area contributed by atoms with Crippen LogP contribution in [0.15, 0.2) is 6.07 Å². The van der Waals surface area contributed by atoms with Gasteiger partial charge >= 0.3 is 0 Å². The minimum atomic E-state index is -0.309. The standard InChI is InChI=1S/C16H26O/c1-10(2)7-8-15(17)16-13(5)11(3)9-12(4)14(16)6/h9-10,15,17H,7-8H2,1-6H3. The van der Waals surface area contributed by atoms with Crippen LogP contribution >= 0.6 is 0 Å². The number of hydrogen-bond donors (Lipinski definition) is 1. The monoisotopic (exact) mass is 234 g/mol. The Balaban J connectivity index is 3.03.